The maximum absolute atomic E-state index is 10.8. The predicted octanol–water partition coefficient (Wildman–Crippen LogP) is 6.71. The number of hydrogen-bond donors (Lipinski definition) is 2. The van der Waals surface area contributed by atoms with Crippen molar-refractivity contribution in [2.45, 2.75) is 123 Å². The lowest BCUT2D eigenvalue weighted by atomic mass is 10.1. The summed E-state index contributed by atoms with van der Waals surface area (Å²) in [6.45, 7) is 21.6. The van der Waals surface area contributed by atoms with Crippen molar-refractivity contribution in [2.75, 3.05) is 0 Å². The molecular formula is C19H49O7PSi4. The van der Waals surface area contributed by atoms with Crippen molar-refractivity contribution in [1.82, 2.24) is 0 Å². The van der Waals surface area contributed by atoms with E-state index in [1.807, 2.05) is 0 Å². The molecule has 0 heterocycles. The van der Waals surface area contributed by atoms with Crippen LogP contribution in [0.15, 0.2) is 0 Å². The average molecular weight is 533 g/mol. The largest absolute Gasteiger partial charge is 0.469 e. The highest BCUT2D eigenvalue weighted by Crippen LogP contribution is 2.38. The lowest BCUT2D eigenvalue weighted by molar-refractivity contribution is 0.136. The number of phosphoric ester groups is 1. The molecule has 31 heavy (non-hydrogen) atoms. The molecule has 188 valence electrons. The van der Waals surface area contributed by atoms with E-state index in [4.69, 9.17) is 22.1 Å². The summed E-state index contributed by atoms with van der Waals surface area (Å²) >= 11 is 0. The average Bonchev–Trinajstić information content (AvgIpc) is 2.42. The van der Waals surface area contributed by atoms with Crippen LogP contribution in [0.3, 0.4) is 0 Å². The molecule has 0 aromatic carbocycles. The van der Waals surface area contributed by atoms with Gasteiger partial charge in [0.05, 0.1) is 6.10 Å². The fourth-order valence-electron chi connectivity index (χ4n) is 3.92. The minimum Gasteiger partial charge on any atom is -0.437 e. The van der Waals surface area contributed by atoms with Crippen molar-refractivity contribution in [1.29, 1.82) is 0 Å². The second kappa shape index (κ2) is 13.1. The number of phosphoric acid groups is 1. The van der Waals surface area contributed by atoms with Crippen LogP contribution in [0.4, 0.5) is 0 Å². The summed E-state index contributed by atoms with van der Waals surface area (Å²) in [6.07, 6.45) is 6.75. The zero-order chi connectivity index (χ0) is 24.6. The zero-order valence-electron chi connectivity index (χ0n) is 21.6. The molecule has 0 aliphatic heterocycles. The Morgan fingerprint density at radius 1 is 0.710 bits per heavy atom. The van der Waals surface area contributed by atoms with Gasteiger partial charge in [-0.3, -0.25) is 4.52 Å². The number of unbranched alkanes of at least 4 members (excludes halogenated alkanes) is 5. The van der Waals surface area contributed by atoms with Crippen molar-refractivity contribution >= 4 is 41.6 Å². The molecule has 12 heteroatoms. The Morgan fingerprint density at radius 3 is 1.61 bits per heavy atom. The summed E-state index contributed by atoms with van der Waals surface area (Å²) in [5.74, 6) is 0. The quantitative estimate of drug-likeness (QED) is 0.122. The maximum Gasteiger partial charge on any atom is 0.469 e. The topological polar surface area (TPSA) is 94.5 Å². The molecule has 0 radical (unpaired) electrons. The van der Waals surface area contributed by atoms with E-state index in [-0.39, 0.29) is 0 Å². The molecule has 0 aliphatic rings. The molecule has 0 saturated carbocycles. The van der Waals surface area contributed by atoms with E-state index in [1.165, 1.54) is 0 Å². The van der Waals surface area contributed by atoms with Gasteiger partial charge in [0.2, 0.25) is 0 Å². The van der Waals surface area contributed by atoms with Gasteiger partial charge in [0.15, 0.2) is 16.6 Å². The fourth-order valence-corrected chi connectivity index (χ4v) is 22.5. The summed E-state index contributed by atoms with van der Waals surface area (Å²) in [5.41, 5.74) is 0. The summed E-state index contributed by atoms with van der Waals surface area (Å²) in [4.78, 5) is 17.6. The van der Waals surface area contributed by atoms with E-state index >= 15 is 0 Å². The Hall–Kier alpha value is 0.858. The second-order valence-corrected chi connectivity index (χ2v) is 28.8. The van der Waals surface area contributed by atoms with Crippen LogP contribution in [-0.2, 0) is 21.4 Å². The monoisotopic (exact) mass is 532 g/mol. The van der Waals surface area contributed by atoms with Crippen molar-refractivity contribution < 1.29 is 31.2 Å². The van der Waals surface area contributed by atoms with Gasteiger partial charge in [-0.2, -0.15) is 0 Å². The standard InChI is InChI=1S/C19H49O7PSi4/c1-19(23-27(20,21)22)17-15-13-11-12-14-16-18-31(10,25-29(5,6)7)26-30(8,9)24-28(2,3)4/h19H,11-18H2,1-10H3,(H2,20,21,22). The molecule has 2 unspecified atom stereocenters. The molecule has 0 aromatic heterocycles. The first kappa shape index (κ1) is 31.9. The van der Waals surface area contributed by atoms with E-state index in [1.54, 1.807) is 6.92 Å². The minimum absolute atomic E-state index is 0.408. The molecule has 0 aromatic rings. The van der Waals surface area contributed by atoms with Gasteiger partial charge >= 0.3 is 24.9 Å². The summed E-state index contributed by atoms with van der Waals surface area (Å²) in [5, 5.41) is 0. The molecule has 7 nitrogen and oxygen atoms in total. The van der Waals surface area contributed by atoms with Crippen LogP contribution < -0.4 is 0 Å². The summed E-state index contributed by atoms with van der Waals surface area (Å²) in [6, 6.07) is 0.996. The van der Waals surface area contributed by atoms with Crippen molar-refractivity contribution in [2.24, 2.45) is 0 Å². The molecule has 0 rings (SSSR count). The van der Waals surface area contributed by atoms with Gasteiger partial charge in [-0.15, -0.1) is 0 Å². The maximum atomic E-state index is 10.8. The van der Waals surface area contributed by atoms with E-state index in [9.17, 15) is 4.57 Å². The molecule has 0 amide bonds. The lowest BCUT2D eigenvalue weighted by Gasteiger charge is -2.41. The van der Waals surface area contributed by atoms with Crippen LogP contribution in [0.2, 0.25) is 65.0 Å². The van der Waals surface area contributed by atoms with Crippen LogP contribution in [-0.4, -0.2) is 49.6 Å². The highest BCUT2D eigenvalue weighted by molar-refractivity contribution is 7.46. The van der Waals surface area contributed by atoms with Gasteiger partial charge in [0.1, 0.15) is 0 Å². The first-order valence-corrected chi connectivity index (χ1v) is 25.3. The van der Waals surface area contributed by atoms with Crippen molar-refractivity contribution in [3.05, 3.63) is 0 Å². The molecule has 2 N–H and O–H groups in total. The molecule has 2 atom stereocenters. The van der Waals surface area contributed by atoms with Gasteiger partial charge in [-0.25, -0.2) is 4.57 Å². The van der Waals surface area contributed by atoms with E-state index < -0.39 is 47.7 Å². The Labute approximate surface area is 195 Å². The first-order chi connectivity index (χ1) is 13.7. The Kier molecular flexibility index (Phi) is 13.4. The third-order valence-electron chi connectivity index (χ3n) is 4.34. The van der Waals surface area contributed by atoms with Crippen LogP contribution in [0.1, 0.15) is 51.9 Å². The number of rotatable bonds is 17. The van der Waals surface area contributed by atoms with Crippen LogP contribution in [0, 0.1) is 0 Å². The van der Waals surface area contributed by atoms with Crippen molar-refractivity contribution in [3.63, 3.8) is 0 Å². The van der Waals surface area contributed by atoms with Crippen molar-refractivity contribution in [3.8, 4) is 0 Å². The van der Waals surface area contributed by atoms with E-state index in [0.717, 1.165) is 44.6 Å². The molecule has 0 fully saturated rings. The molecular weight excluding hydrogens is 484 g/mol. The summed E-state index contributed by atoms with van der Waals surface area (Å²) in [7, 11) is -12.3. The SMILES string of the molecule is CC(CCCCCCCC[Si](C)(O[Si](C)(C)C)O[Si](C)(C)O[Si](C)(C)C)OP(=O)(O)O. The fraction of sp³-hybridized carbons (Fsp3) is 1.00. The Balaban J connectivity index is 4.43. The van der Waals surface area contributed by atoms with E-state index in [0.29, 0.717) is 6.42 Å². The van der Waals surface area contributed by atoms with Crippen LogP contribution >= 0.6 is 7.82 Å². The second-order valence-electron chi connectivity index (χ2n) is 11.1. The van der Waals surface area contributed by atoms with Gasteiger partial charge in [0.25, 0.3) is 0 Å². The third-order valence-corrected chi connectivity index (χ3v) is 18.5. The minimum atomic E-state index is -4.37. The molecule has 0 spiro atoms. The van der Waals surface area contributed by atoms with Gasteiger partial charge in [-0.05, 0) is 78.3 Å². The van der Waals surface area contributed by atoms with Gasteiger partial charge in [-0.1, -0.05) is 38.5 Å². The number of hydrogen-bond acceptors (Lipinski definition) is 5. The third kappa shape index (κ3) is 20.0. The van der Waals surface area contributed by atoms with Crippen LogP contribution in [0.5, 0.6) is 0 Å². The van der Waals surface area contributed by atoms with Gasteiger partial charge < -0.3 is 22.1 Å². The Morgan fingerprint density at radius 2 is 1.16 bits per heavy atom. The molecule has 0 aliphatic carbocycles. The zero-order valence-corrected chi connectivity index (χ0v) is 26.5. The Bertz CT molecular complexity index is 560. The highest BCUT2D eigenvalue weighted by atomic mass is 31.2. The van der Waals surface area contributed by atoms with Crippen LogP contribution in [0.25, 0.3) is 0 Å². The summed E-state index contributed by atoms with van der Waals surface area (Å²) < 4.78 is 35.3. The smallest absolute Gasteiger partial charge is 0.437 e. The predicted molar refractivity (Wildman–Crippen MR) is 139 cm³/mol. The lowest BCUT2D eigenvalue weighted by Crippen LogP contribution is -2.56. The van der Waals surface area contributed by atoms with E-state index in [2.05, 4.69) is 63.4 Å². The van der Waals surface area contributed by atoms with Gasteiger partial charge in [0, 0.05) is 0 Å². The molecule has 0 bridgehead atoms. The highest BCUT2D eigenvalue weighted by Gasteiger charge is 2.44. The first-order valence-electron chi connectivity index (χ1n) is 11.6. The molecule has 0 saturated heterocycles. The normalized spacial score (nSPS) is 16.9.